The third-order valence-corrected chi connectivity index (χ3v) is 4.80. The number of aromatic nitrogens is 7. The molecule has 0 radical (unpaired) electrons. The van der Waals surface area contributed by atoms with Crippen LogP contribution in [0, 0.1) is 0 Å². The smallest absolute Gasteiger partial charge is 0.251 e. The average molecular weight is 435 g/mol. The van der Waals surface area contributed by atoms with Crippen molar-refractivity contribution in [3.8, 4) is 11.5 Å². The van der Waals surface area contributed by atoms with Crippen molar-refractivity contribution in [2.75, 3.05) is 12.0 Å². The molecule has 10 nitrogen and oxygen atoms in total. The van der Waals surface area contributed by atoms with E-state index in [-0.39, 0.29) is 12.5 Å². The van der Waals surface area contributed by atoms with Crippen LogP contribution in [0.5, 0.6) is 0 Å². The summed E-state index contributed by atoms with van der Waals surface area (Å²) in [7, 11) is 1.87. The first-order valence-electron chi connectivity index (χ1n) is 9.98. The third kappa shape index (κ3) is 4.94. The van der Waals surface area contributed by atoms with Crippen molar-refractivity contribution in [1.82, 2.24) is 39.8 Å². The van der Waals surface area contributed by atoms with Crippen molar-refractivity contribution in [1.29, 1.82) is 0 Å². The third-order valence-electron chi connectivity index (χ3n) is 4.80. The molecule has 3 heterocycles. The van der Waals surface area contributed by atoms with Gasteiger partial charge in [-0.25, -0.2) is 14.4 Å². The molecular formula is C21H22FN9O. The number of hydrogen-bond donors (Lipinski definition) is 2. The number of hydrogen-bond acceptors (Lipinski definition) is 7. The fourth-order valence-electron chi connectivity index (χ4n) is 3.10. The van der Waals surface area contributed by atoms with E-state index in [9.17, 15) is 9.18 Å². The van der Waals surface area contributed by atoms with Gasteiger partial charge in [0.1, 0.15) is 18.7 Å². The average Bonchev–Trinajstić information content (AvgIpc) is 3.43. The van der Waals surface area contributed by atoms with Gasteiger partial charge in [0.2, 0.25) is 0 Å². The minimum Gasteiger partial charge on any atom is -0.378 e. The minimum absolute atomic E-state index is 0.202. The molecule has 2 N–H and O–H groups in total. The van der Waals surface area contributed by atoms with Crippen molar-refractivity contribution >= 4 is 11.6 Å². The van der Waals surface area contributed by atoms with Crippen LogP contribution in [-0.2, 0) is 26.7 Å². The van der Waals surface area contributed by atoms with Gasteiger partial charge in [-0.15, -0.1) is 10.2 Å². The molecule has 0 saturated heterocycles. The summed E-state index contributed by atoms with van der Waals surface area (Å²) in [4.78, 5) is 20.6. The highest BCUT2D eigenvalue weighted by molar-refractivity contribution is 5.95. The molecule has 0 bridgehead atoms. The molecule has 0 saturated carbocycles. The van der Waals surface area contributed by atoms with E-state index in [2.05, 4.69) is 35.9 Å². The molecule has 0 aliphatic rings. The van der Waals surface area contributed by atoms with Crippen molar-refractivity contribution < 1.29 is 9.18 Å². The quantitative estimate of drug-likeness (QED) is 0.413. The van der Waals surface area contributed by atoms with E-state index < -0.39 is 6.67 Å². The molecule has 0 unspecified atom stereocenters. The predicted octanol–water partition coefficient (Wildman–Crippen LogP) is 1.98. The molecule has 164 valence electrons. The van der Waals surface area contributed by atoms with Crippen molar-refractivity contribution in [2.24, 2.45) is 7.05 Å². The van der Waals surface area contributed by atoms with Gasteiger partial charge in [-0.3, -0.25) is 9.48 Å². The zero-order valence-electron chi connectivity index (χ0n) is 17.4. The van der Waals surface area contributed by atoms with Gasteiger partial charge in [0.25, 0.3) is 5.91 Å². The van der Waals surface area contributed by atoms with Crippen molar-refractivity contribution in [2.45, 2.75) is 19.6 Å². The number of nitrogens with zero attached hydrogens (tertiary/aromatic N) is 7. The van der Waals surface area contributed by atoms with E-state index in [1.165, 1.54) is 11.0 Å². The Kier molecular flexibility index (Phi) is 6.44. The van der Waals surface area contributed by atoms with Crippen LogP contribution in [-0.4, -0.2) is 47.1 Å². The highest BCUT2D eigenvalue weighted by Crippen LogP contribution is 2.16. The van der Waals surface area contributed by atoms with Gasteiger partial charge in [0.05, 0.1) is 19.3 Å². The summed E-state index contributed by atoms with van der Waals surface area (Å²) in [5.74, 6) is 1.16. The Bertz CT molecular complexity index is 1190. The number of aryl methyl sites for hydroxylation is 1. The first kappa shape index (κ1) is 21.1. The van der Waals surface area contributed by atoms with Gasteiger partial charge >= 0.3 is 0 Å². The minimum atomic E-state index is -0.483. The molecule has 0 aliphatic heterocycles. The van der Waals surface area contributed by atoms with Crippen LogP contribution < -0.4 is 10.6 Å². The van der Waals surface area contributed by atoms with Crippen LogP contribution in [0.25, 0.3) is 11.5 Å². The maximum absolute atomic E-state index is 12.5. The molecular weight excluding hydrogens is 413 g/mol. The summed E-state index contributed by atoms with van der Waals surface area (Å²) in [5, 5.41) is 18.6. The van der Waals surface area contributed by atoms with Gasteiger partial charge in [0.15, 0.2) is 11.6 Å². The molecule has 0 atom stereocenters. The molecule has 4 rings (SSSR count). The summed E-state index contributed by atoms with van der Waals surface area (Å²) in [6.45, 7) is 0.457. The molecule has 1 aromatic carbocycles. The fraction of sp³-hybridized carbons (Fsp3) is 0.238. The van der Waals surface area contributed by atoms with Crippen LogP contribution in [0.3, 0.4) is 0 Å². The van der Waals surface area contributed by atoms with Gasteiger partial charge in [-0.1, -0.05) is 6.07 Å². The molecule has 3 aromatic heterocycles. The molecule has 32 heavy (non-hydrogen) atoms. The lowest BCUT2D eigenvalue weighted by Crippen LogP contribution is -2.22. The Morgan fingerprint density at radius 3 is 2.91 bits per heavy atom. The fourth-order valence-corrected chi connectivity index (χ4v) is 3.10. The molecule has 0 spiro atoms. The van der Waals surface area contributed by atoms with Crippen LogP contribution in [0.15, 0.2) is 55.2 Å². The van der Waals surface area contributed by atoms with E-state index in [0.29, 0.717) is 30.2 Å². The number of benzene rings is 1. The summed E-state index contributed by atoms with van der Waals surface area (Å²) >= 11 is 0. The Hall–Kier alpha value is -4.15. The number of carbonyl (C=O) groups is 1. The van der Waals surface area contributed by atoms with Gasteiger partial charge in [-0.2, -0.15) is 5.10 Å². The van der Waals surface area contributed by atoms with E-state index in [4.69, 9.17) is 0 Å². The van der Waals surface area contributed by atoms with Crippen molar-refractivity contribution in [3.05, 3.63) is 72.2 Å². The molecule has 4 aromatic rings. The molecule has 1 amide bonds. The highest BCUT2D eigenvalue weighted by atomic mass is 19.1. The second-order valence-electron chi connectivity index (χ2n) is 7.01. The van der Waals surface area contributed by atoms with E-state index in [1.54, 1.807) is 42.9 Å². The number of rotatable bonds is 9. The predicted molar refractivity (Wildman–Crippen MR) is 115 cm³/mol. The SMILES string of the molecule is Cn1c(CNc2cccc(C(=O)NCc3cnn(CCF)c3)c2)nnc1-c1ccncn1. The first-order chi connectivity index (χ1) is 15.6. The summed E-state index contributed by atoms with van der Waals surface area (Å²) in [6, 6.07) is 8.96. The standard InChI is InChI=1S/C21H22FN9O/c1-30-19(28-29-20(30)18-5-7-23-14-26-18)12-24-17-4-2-3-16(9-17)21(32)25-10-15-11-27-31(13-15)8-6-22/h2-5,7,9,11,13-14,24H,6,8,10,12H2,1H3,(H,25,32). The van der Waals surface area contributed by atoms with Crippen LogP contribution in [0.2, 0.25) is 0 Å². The van der Waals surface area contributed by atoms with Gasteiger partial charge in [-0.05, 0) is 24.3 Å². The second kappa shape index (κ2) is 9.77. The maximum atomic E-state index is 12.5. The first-order valence-corrected chi connectivity index (χ1v) is 9.98. The lowest BCUT2D eigenvalue weighted by atomic mass is 10.2. The maximum Gasteiger partial charge on any atom is 0.251 e. The van der Waals surface area contributed by atoms with Crippen molar-refractivity contribution in [3.63, 3.8) is 0 Å². The zero-order valence-corrected chi connectivity index (χ0v) is 17.4. The number of halogens is 1. The molecule has 0 fully saturated rings. The summed E-state index contributed by atoms with van der Waals surface area (Å²) < 4.78 is 15.7. The van der Waals surface area contributed by atoms with Crippen LogP contribution in [0.1, 0.15) is 21.7 Å². The molecule has 11 heteroatoms. The van der Waals surface area contributed by atoms with E-state index in [0.717, 1.165) is 17.1 Å². The topological polar surface area (TPSA) is 115 Å². The van der Waals surface area contributed by atoms with Gasteiger partial charge < -0.3 is 15.2 Å². The number of alkyl halides is 1. The molecule has 0 aliphatic carbocycles. The van der Waals surface area contributed by atoms with E-state index >= 15 is 0 Å². The van der Waals surface area contributed by atoms with Crippen LogP contribution in [0.4, 0.5) is 10.1 Å². The Labute approximate surface area is 183 Å². The summed E-state index contributed by atoms with van der Waals surface area (Å²) in [5.41, 5.74) is 2.80. The van der Waals surface area contributed by atoms with Gasteiger partial charge in [0, 0.05) is 42.8 Å². The Balaban J connectivity index is 1.36. The number of anilines is 1. The Morgan fingerprint density at radius 2 is 2.09 bits per heavy atom. The zero-order chi connectivity index (χ0) is 22.3. The number of amides is 1. The second-order valence-corrected chi connectivity index (χ2v) is 7.01. The normalized spacial score (nSPS) is 10.8. The van der Waals surface area contributed by atoms with E-state index in [1.807, 2.05) is 17.7 Å². The lowest BCUT2D eigenvalue weighted by Gasteiger charge is -2.09. The Morgan fingerprint density at radius 1 is 1.19 bits per heavy atom. The monoisotopic (exact) mass is 435 g/mol. The lowest BCUT2D eigenvalue weighted by molar-refractivity contribution is 0.0951. The largest absolute Gasteiger partial charge is 0.378 e. The van der Waals surface area contributed by atoms with Crippen LogP contribution >= 0.6 is 0 Å². The summed E-state index contributed by atoms with van der Waals surface area (Å²) in [6.07, 6.45) is 6.45. The number of carbonyl (C=O) groups excluding carboxylic acids is 1. The number of nitrogens with one attached hydrogen (secondary N) is 2. The highest BCUT2D eigenvalue weighted by Gasteiger charge is 2.12.